The molecule has 0 unspecified atom stereocenters. The SMILES string of the molecule is Brc1ccc(C23CC(C2)C3)cc1. The molecular formula is C11H11Br. The van der Waals surface area contributed by atoms with Gasteiger partial charge in [0.15, 0.2) is 0 Å². The molecule has 0 heterocycles. The lowest BCUT2D eigenvalue weighted by Gasteiger charge is -2.62. The molecule has 1 aromatic rings. The van der Waals surface area contributed by atoms with E-state index in [1.165, 1.54) is 23.7 Å². The monoisotopic (exact) mass is 222 g/mol. The highest BCUT2D eigenvalue weighted by Gasteiger charge is 2.57. The van der Waals surface area contributed by atoms with Crippen LogP contribution in [0.4, 0.5) is 0 Å². The maximum Gasteiger partial charge on any atom is 0.0175 e. The summed E-state index contributed by atoms with van der Waals surface area (Å²) in [5.41, 5.74) is 2.19. The van der Waals surface area contributed by atoms with E-state index in [1.54, 1.807) is 5.56 Å². The summed E-state index contributed by atoms with van der Waals surface area (Å²) in [7, 11) is 0. The zero-order valence-corrected chi connectivity index (χ0v) is 8.47. The lowest BCUT2D eigenvalue weighted by atomic mass is 9.42. The van der Waals surface area contributed by atoms with Crippen molar-refractivity contribution in [2.75, 3.05) is 0 Å². The lowest BCUT2D eigenvalue weighted by molar-refractivity contribution is -0.0274. The van der Waals surface area contributed by atoms with Crippen LogP contribution in [0.5, 0.6) is 0 Å². The fourth-order valence-electron chi connectivity index (χ4n) is 2.64. The van der Waals surface area contributed by atoms with Crippen molar-refractivity contribution in [2.45, 2.75) is 24.7 Å². The van der Waals surface area contributed by atoms with Gasteiger partial charge in [-0.2, -0.15) is 0 Å². The first-order valence-corrected chi connectivity index (χ1v) is 5.34. The summed E-state index contributed by atoms with van der Waals surface area (Å²) in [6.45, 7) is 0. The lowest BCUT2D eigenvalue weighted by Crippen LogP contribution is -2.55. The van der Waals surface area contributed by atoms with Gasteiger partial charge in [0.2, 0.25) is 0 Å². The second-order valence-corrected chi connectivity index (χ2v) is 5.18. The highest BCUT2D eigenvalue weighted by Crippen LogP contribution is 2.65. The summed E-state index contributed by atoms with van der Waals surface area (Å²) in [6, 6.07) is 8.88. The molecule has 0 saturated heterocycles. The molecule has 2 bridgehead atoms. The molecule has 62 valence electrons. The summed E-state index contributed by atoms with van der Waals surface area (Å²) in [5.74, 6) is 1.08. The third-order valence-electron chi connectivity index (χ3n) is 3.49. The van der Waals surface area contributed by atoms with Gasteiger partial charge in [-0.25, -0.2) is 0 Å². The van der Waals surface area contributed by atoms with E-state index in [1.807, 2.05) is 0 Å². The van der Waals surface area contributed by atoms with Crippen LogP contribution in [0, 0.1) is 5.92 Å². The van der Waals surface area contributed by atoms with Gasteiger partial charge in [0.25, 0.3) is 0 Å². The van der Waals surface area contributed by atoms with Crippen molar-refractivity contribution in [3.63, 3.8) is 0 Å². The Kier molecular flexibility index (Phi) is 1.27. The highest BCUT2D eigenvalue weighted by molar-refractivity contribution is 9.10. The molecule has 1 aromatic carbocycles. The van der Waals surface area contributed by atoms with Crippen LogP contribution in [-0.4, -0.2) is 0 Å². The van der Waals surface area contributed by atoms with E-state index in [9.17, 15) is 0 Å². The molecule has 3 fully saturated rings. The van der Waals surface area contributed by atoms with E-state index in [4.69, 9.17) is 0 Å². The van der Waals surface area contributed by atoms with Crippen molar-refractivity contribution < 1.29 is 0 Å². The van der Waals surface area contributed by atoms with Crippen molar-refractivity contribution in [3.8, 4) is 0 Å². The number of benzene rings is 1. The molecule has 0 N–H and O–H groups in total. The number of rotatable bonds is 1. The van der Waals surface area contributed by atoms with Crippen molar-refractivity contribution in [3.05, 3.63) is 34.3 Å². The van der Waals surface area contributed by atoms with E-state index < -0.39 is 0 Å². The molecule has 0 aliphatic heterocycles. The predicted molar refractivity (Wildman–Crippen MR) is 53.2 cm³/mol. The van der Waals surface area contributed by atoms with Crippen molar-refractivity contribution in [1.82, 2.24) is 0 Å². The quantitative estimate of drug-likeness (QED) is 0.683. The number of hydrogen-bond acceptors (Lipinski definition) is 0. The average Bonchev–Trinajstić information content (AvgIpc) is 1.87. The van der Waals surface area contributed by atoms with E-state index in [0.29, 0.717) is 5.41 Å². The van der Waals surface area contributed by atoms with Gasteiger partial charge in [-0.15, -0.1) is 0 Å². The standard InChI is InChI=1S/C11H11Br/c12-10-3-1-9(2-4-10)11-5-8(6-11)7-11/h1-4,8H,5-7H2. The maximum atomic E-state index is 3.46. The average molecular weight is 223 g/mol. The van der Waals surface area contributed by atoms with Crippen LogP contribution in [0.3, 0.4) is 0 Å². The summed E-state index contributed by atoms with van der Waals surface area (Å²) < 4.78 is 1.19. The molecule has 0 amide bonds. The number of halogens is 1. The summed E-state index contributed by atoms with van der Waals surface area (Å²) in [5, 5.41) is 0. The molecule has 0 spiro atoms. The van der Waals surface area contributed by atoms with Crippen LogP contribution in [0.1, 0.15) is 24.8 Å². The van der Waals surface area contributed by atoms with Crippen LogP contribution >= 0.6 is 15.9 Å². The van der Waals surface area contributed by atoms with Gasteiger partial charge in [-0.1, -0.05) is 28.1 Å². The van der Waals surface area contributed by atoms with Crippen LogP contribution in [0.15, 0.2) is 28.7 Å². The Balaban J connectivity index is 1.96. The van der Waals surface area contributed by atoms with Crippen LogP contribution in [0.2, 0.25) is 0 Å². The van der Waals surface area contributed by atoms with Crippen LogP contribution < -0.4 is 0 Å². The van der Waals surface area contributed by atoms with Gasteiger partial charge in [0.05, 0.1) is 0 Å². The Labute approximate surface area is 81.1 Å². The van der Waals surface area contributed by atoms with Gasteiger partial charge in [-0.05, 0) is 48.3 Å². The Hall–Kier alpha value is -0.300. The molecule has 0 radical (unpaired) electrons. The van der Waals surface area contributed by atoms with Gasteiger partial charge in [0.1, 0.15) is 0 Å². The summed E-state index contributed by atoms with van der Waals surface area (Å²) in [6.07, 6.45) is 4.36. The minimum Gasteiger partial charge on any atom is -0.0574 e. The van der Waals surface area contributed by atoms with E-state index in [-0.39, 0.29) is 0 Å². The third-order valence-corrected chi connectivity index (χ3v) is 4.02. The zero-order chi connectivity index (χ0) is 8.18. The Morgan fingerprint density at radius 3 is 2.08 bits per heavy atom. The maximum absolute atomic E-state index is 3.46. The van der Waals surface area contributed by atoms with Crippen molar-refractivity contribution in [2.24, 2.45) is 5.92 Å². The fourth-order valence-corrected chi connectivity index (χ4v) is 2.90. The van der Waals surface area contributed by atoms with Gasteiger partial charge < -0.3 is 0 Å². The van der Waals surface area contributed by atoms with Crippen LogP contribution in [0.25, 0.3) is 0 Å². The summed E-state index contributed by atoms with van der Waals surface area (Å²) in [4.78, 5) is 0. The molecule has 1 heteroatoms. The second-order valence-electron chi connectivity index (χ2n) is 4.27. The zero-order valence-electron chi connectivity index (χ0n) is 6.89. The summed E-state index contributed by atoms with van der Waals surface area (Å²) >= 11 is 3.46. The van der Waals surface area contributed by atoms with E-state index in [2.05, 4.69) is 40.2 Å². The molecule has 0 nitrogen and oxygen atoms in total. The fraction of sp³-hybridized carbons (Fsp3) is 0.455. The van der Waals surface area contributed by atoms with Crippen molar-refractivity contribution in [1.29, 1.82) is 0 Å². The van der Waals surface area contributed by atoms with Gasteiger partial charge in [0, 0.05) is 4.47 Å². The smallest absolute Gasteiger partial charge is 0.0175 e. The topological polar surface area (TPSA) is 0 Å². The Morgan fingerprint density at radius 2 is 1.67 bits per heavy atom. The molecule has 0 aromatic heterocycles. The minimum absolute atomic E-state index is 0.630. The molecular weight excluding hydrogens is 212 g/mol. The molecule has 3 saturated carbocycles. The molecule has 0 atom stereocenters. The Bertz CT molecular complexity index is 295. The minimum atomic E-state index is 0.630. The van der Waals surface area contributed by atoms with Gasteiger partial charge in [-0.3, -0.25) is 0 Å². The normalized spacial score (nSPS) is 36.9. The van der Waals surface area contributed by atoms with Crippen LogP contribution in [-0.2, 0) is 5.41 Å². The van der Waals surface area contributed by atoms with E-state index >= 15 is 0 Å². The number of hydrogen-bond donors (Lipinski definition) is 0. The largest absolute Gasteiger partial charge is 0.0574 e. The van der Waals surface area contributed by atoms with Crippen molar-refractivity contribution >= 4 is 15.9 Å². The molecule has 3 aliphatic carbocycles. The predicted octanol–water partition coefficient (Wildman–Crippen LogP) is 3.50. The molecule has 12 heavy (non-hydrogen) atoms. The third kappa shape index (κ3) is 0.779. The molecule has 3 aliphatic rings. The Morgan fingerprint density at radius 1 is 1.08 bits per heavy atom. The first-order valence-electron chi connectivity index (χ1n) is 4.55. The second kappa shape index (κ2) is 2.14. The molecule has 4 rings (SSSR count). The van der Waals surface area contributed by atoms with E-state index in [0.717, 1.165) is 5.92 Å². The first kappa shape index (κ1) is 7.14. The van der Waals surface area contributed by atoms with Gasteiger partial charge >= 0.3 is 0 Å². The highest BCUT2D eigenvalue weighted by atomic mass is 79.9. The first-order chi connectivity index (χ1) is 5.78.